The molecule has 1 nitrogen and oxygen atoms in total. The second-order valence-electron chi connectivity index (χ2n) is 4.60. The average molecular weight is 265 g/mol. The molecule has 0 aliphatic heterocycles. The van der Waals surface area contributed by atoms with Gasteiger partial charge in [-0.05, 0) is 48.2 Å². The van der Waals surface area contributed by atoms with Crippen LogP contribution in [0.1, 0.15) is 22.7 Å². The summed E-state index contributed by atoms with van der Waals surface area (Å²) in [7, 11) is 0. The number of benzene rings is 2. The molecule has 0 spiro atoms. The number of aryl methyl sites for hydroxylation is 1. The van der Waals surface area contributed by atoms with Gasteiger partial charge in [0, 0.05) is 12.1 Å². The summed E-state index contributed by atoms with van der Waals surface area (Å²) in [5.74, 6) is -1.62. The topological polar surface area (TPSA) is 26.0 Å². The number of rotatable bonds is 3. The normalized spacial score (nSPS) is 12.5. The fourth-order valence-electron chi connectivity index (χ4n) is 1.94. The lowest BCUT2D eigenvalue weighted by Gasteiger charge is -2.13. The Morgan fingerprint density at radius 2 is 1.63 bits per heavy atom. The molecular formula is C15H14F3N. The summed E-state index contributed by atoms with van der Waals surface area (Å²) >= 11 is 0. The summed E-state index contributed by atoms with van der Waals surface area (Å²) in [6, 6.07) is 7.48. The van der Waals surface area contributed by atoms with E-state index in [1.807, 2.05) is 0 Å². The van der Waals surface area contributed by atoms with Crippen molar-refractivity contribution in [2.45, 2.75) is 19.4 Å². The first-order valence-electron chi connectivity index (χ1n) is 5.92. The molecule has 0 aliphatic rings. The third kappa shape index (κ3) is 3.35. The molecule has 0 heterocycles. The molecule has 0 aromatic heterocycles. The van der Waals surface area contributed by atoms with Crippen LogP contribution in [0.3, 0.4) is 0 Å². The Labute approximate surface area is 109 Å². The molecule has 4 heteroatoms. The molecule has 2 aromatic rings. The predicted octanol–water partition coefficient (Wildman–Crippen LogP) is 3.65. The van der Waals surface area contributed by atoms with Crippen LogP contribution < -0.4 is 5.73 Å². The lowest BCUT2D eigenvalue weighted by atomic mass is 9.98. The molecular weight excluding hydrogens is 251 g/mol. The van der Waals surface area contributed by atoms with Crippen LogP contribution in [0, 0.1) is 24.4 Å². The van der Waals surface area contributed by atoms with Crippen molar-refractivity contribution in [2.24, 2.45) is 5.73 Å². The SMILES string of the molecule is Cc1ccc(C(N)Cc2cc(F)cc(F)c2)cc1F. The Balaban J connectivity index is 2.20. The zero-order valence-corrected chi connectivity index (χ0v) is 10.5. The molecule has 0 aliphatic carbocycles. The molecule has 0 amide bonds. The van der Waals surface area contributed by atoms with Gasteiger partial charge < -0.3 is 5.73 Å². The van der Waals surface area contributed by atoms with Crippen LogP contribution in [0.15, 0.2) is 36.4 Å². The first-order valence-corrected chi connectivity index (χ1v) is 5.92. The summed E-state index contributed by atoms with van der Waals surface area (Å²) in [5.41, 5.74) is 7.52. The Morgan fingerprint density at radius 3 is 2.21 bits per heavy atom. The molecule has 1 atom stereocenters. The minimum Gasteiger partial charge on any atom is -0.324 e. The quantitative estimate of drug-likeness (QED) is 0.900. The van der Waals surface area contributed by atoms with Gasteiger partial charge in [0.25, 0.3) is 0 Å². The van der Waals surface area contributed by atoms with Crippen molar-refractivity contribution in [3.05, 3.63) is 70.5 Å². The number of hydrogen-bond donors (Lipinski definition) is 1. The largest absolute Gasteiger partial charge is 0.324 e. The van der Waals surface area contributed by atoms with Crippen molar-refractivity contribution in [3.8, 4) is 0 Å². The van der Waals surface area contributed by atoms with Gasteiger partial charge in [-0.2, -0.15) is 0 Å². The summed E-state index contributed by atoms with van der Waals surface area (Å²) in [4.78, 5) is 0. The van der Waals surface area contributed by atoms with Gasteiger partial charge in [-0.15, -0.1) is 0 Å². The molecule has 2 aromatic carbocycles. The highest BCUT2D eigenvalue weighted by Gasteiger charge is 2.10. The highest BCUT2D eigenvalue weighted by molar-refractivity contribution is 5.28. The number of hydrogen-bond acceptors (Lipinski definition) is 1. The standard InChI is InChI=1S/C15H14F3N/c1-9-2-3-11(7-14(9)18)15(19)6-10-4-12(16)8-13(17)5-10/h2-5,7-8,15H,6,19H2,1H3. The molecule has 1 unspecified atom stereocenters. The van der Waals surface area contributed by atoms with E-state index in [0.717, 1.165) is 6.07 Å². The first kappa shape index (κ1) is 13.6. The van der Waals surface area contributed by atoms with Gasteiger partial charge in [-0.25, -0.2) is 13.2 Å². The van der Waals surface area contributed by atoms with Crippen LogP contribution in [0.4, 0.5) is 13.2 Å². The van der Waals surface area contributed by atoms with E-state index < -0.39 is 17.7 Å². The molecule has 0 radical (unpaired) electrons. The molecule has 0 bridgehead atoms. The van der Waals surface area contributed by atoms with Crippen LogP contribution in [-0.4, -0.2) is 0 Å². The highest BCUT2D eigenvalue weighted by atomic mass is 19.1. The molecule has 2 N–H and O–H groups in total. The molecule has 0 fully saturated rings. The maximum Gasteiger partial charge on any atom is 0.126 e. The minimum absolute atomic E-state index is 0.247. The highest BCUT2D eigenvalue weighted by Crippen LogP contribution is 2.20. The van der Waals surface area contributed by atoms with E-state index in [9.17, 15) is 13.2 Å². The van der Waals surface area contributed by atoms with Crippen LogP contribution in [0.2, 0.25) is 0 Å². The van der Waals surface area contributed by atoms with E-state index in [2.05, 4.69) is 0 Å². The summed E-state index contributed by atoms with van der Waals surface area (Å²) in [5, 5.41) is 0. The van der Waals surface area contributed by atoms with Gasteiger partial charge in [0.1, 0.15) is 17.5 Å². The number of nitrogens with two attached hydrogens (primary N) is 1. The second kappa shape index (κ2) is 5.45. The van der Waals surface area contributed by atoms with Crippen molar-refractivity contribution in [3.63, 3.8) is 0 Å². The van der Waals surface area contributed by atoms with Gasteiger partial charge >= 0.3 is 0 Å². The van der Waals surface area contributed by atoms with Crippen molar-refractivity contribution >= 4 is 0 Å². The van der Waals surface area contributed by atoms with Crippen LogP contribution in [0.25, 0.3) is 0 Å². The molecule has 19 heavy (non-hydrogen) atoms. The second-order valence-corrected chi connectivity index (χ2v) is 4.60. The third-order valence-corrected chi connectivity index (χ3v) is 3.00. The minimum atomic E-state index is -0.641. The van der Waals surface area contributed by atoms with E-state index in [1.165, 1.54) is 18.2 Å². The predicted molar refractivity (Wildman–Crippen MR) is 68.1 cm³/mol. The smallest absolute Gasteiger partial charge is 0.126 e. The Kier molecular flexibility index (Phi) is 3.90. The van der Waals surface area contributed by atoms with Gasteiger partial charge in [-0.1, -0.05) is 12.1 Å². The maximum atomic E-state index is 13.4. The lowest BCUT2D eigenvalue weighted by Crippen LogP contribution is -2.14. The van der Waals surface area contributed by atoms with E-state index >= 15 is 0 Å². The van der Waals surface area contributed by atoms with Gasteiger partial charge in [0.15, 0.2) is 0 Å². The number of halogens is 3. The summed E-state index contributed by atoms with van der Waals surface area (Å²) in [6.07, 6.45) is 0.247. The fourth-order valence-corrected chi connectivity index (χ4v) is 1.94. The monoisotopic (exact) mass is 265 g/mol. The lowest BCUT2D eigenvalue weighted by molar-refractivity contribution is 0.575. The maximum absolute atomic E-state index is 13.4. The van der Waals surface area contributed by atoms with E-state index in [4.69, 9.17) is 5.73 Å². The van der Waals surface area contributed by atoms with E-state index in [0.29, 0.717) is 16.7 Å². The van der Waals surface area contributed by atoms with Crippen molar-refractivity contribution < 1.29 is 13.2 Å². The van der Waals surface area contributed by atoms with Gasteiger partial charge in [0.05, 0.1) is 0 Å². The van der Waals surface area contributed by atoms with Crippen LogP contribution in [0.5, 0.6) is 0 Å². The molecule has 0 saturated carbocycles. The molecule has 100 valence electrons. The van der Waals surface area contributed by atoms with Crippen LogP contribution in [-0.2, 0) is 6.42 Å². The Morgan fingerprint density at radius 1 is 1.00 bits per heavy atom. The summed E-state index contributed by atoms with van der Waals surface area (Å²) < 4.78 is 39.5. The van der Waals surface area contributed by atoms with Crippen molar-refractivity contribution in [1.29, 1.82) is 0 Å². The zero-order valence-electron chi connectivity index (χ0n) is 10.5. The van der Waals surface area contributed by atoms with E-state index in [-0.39, 0.29) is 12.2 Å². The van der Waals surface area contributed by atoms with Gasteiger partial charge in [-0.3, -0.25) is 0 Å². The van der Waals surface area contributed by atoms with Gasteiger partial charge in [0.2, 0.25) is 0 Å². The molecule has 2 rings (SSSR count). The van der Waals surface area contributed by atoms with Crippen LogP contribution >= 0.6 is 0 Å². The third-order valence-electron chi connectivity index (χ3n) is 3.00. The molecule has 0 saturated heterocycles. The first-order chi connectivity index (χ1) is 8.95. The summed E-state index contributed by atoms with van der Waals surface area (Å²) in [6.45, 7) is 1.66. The zero-order chi connectivity index (χ0) is 14.0. The Bertz CT molecular complexity index is 576. The van der Waals surface area contributed by atoms with Crippen molar-refractivity contribution in [2.75, 3.05) is 0 Å². The Hall–Kier alpha value is -1.81. The fraction of sp³-hybridized carbons (Fsp3) is 0.200. The van der Waals surface area contributed by atoms with Crippen molar-refractivity contribution in [1.82, 2.24) is 0 Å². The van der Waals surface area contributed by atoms with E-state index in [1.54, 1.807) is 19.1 Å². The average Bonchev–Trinajstić information content (AvgIpc) is 2.31.